The number of likely N-dealkylation sites (N-methyl/N-ethyl adjacent to an activating group) is 1. The summed E-state index contributed by atoms with van der Waals surface area (Å²) in [6.45, 7) is 6.62. The van der Waals surface area contributed by atoms with Crippen molar-refractivity contribution >= 4 is 21.2 Å². The van der Waals surface area contributed by atoms with Crippen LogP contribution in [0.2, 0.25) is 0 Å². The van der Waals surface area contributed by atoms with Crippen LogP contribution in [0.25, 0.3) is 0 Å². The van der Waals surface area contributed by atoms with Crippen molar-refractivity contribution in [2.75, 3.05) is 50.0 Å². The van der Waals surface area contributed by atoms with Gasteiger partial charge in [-0.1, -0.05) is 6.92 Å². The molecule has 1 heterocycles. The van der Waals surface area contributed by atoms with Crippen molar-refractivity contribution in [1.82, 2.24) is 4.90 Å². The number of hydrogen-bond acceptors (Lipinski definition) is 5. The van der Waals surface area contributed by atoms with Crippen molar-refractivity contribution in [3.8, 4) is 0 Å². The highest BCUT2D eigenvalue weighted by Crippen LogP contribution is 2.32. The van der Waals surface area contributed by atoms with Crippen LogP contribution in [-0.2, 0) is 9.84 Å². The van der Waals surface area contributed by atoms with E-state index in [9.17, 15) is 12.8 Å². The van der Waals surface area contributed by atoms with Crippen molar-refractivity contribution in [2.24, 2.45) is 0 Å². The molecule has 0 atom stereocenters. The van der Waals surface area contributed by atoms with E-state index in [1.807, 2.05) is 19.1 Å². The molecule has 2 aromatic rings. The van der Waals surface area contributed by atoms with E-state index in [-0.39, 0.29) is 9.79 Å². The van der Waals surface area contributed by atoms with Gasteiger partial charge in [0.1, 0.15) is 5.82 Å². The molecule has 0 saturated carbocycles. The Morgan fingerprint density at radius 3 is 2.50 bits per heavy atom. The first-order chi connectivity index (χ1) is 13.4. The van der Waals surface area contributed by atoms with Crippen LogP contribution in [-0.4, -0.2) is 53.1 Å². The normalized spacial score (nSPS) is 16.0. The van der Waals surface area contributed by atoms with E-state index in [2.05, 4.69) is 22.2 Å². The number of benzene rings is 2. The largest absolute Gasteiger partial charge is 0.384 e. The number of anilines is 2. The number of nitrogens with one attached hydrogen (secondary N) is 1. The Labute approximate surface area is 167 Å². The minimum Gasteiger partial charge on any atom is -0.384 e. The summed E-state index contributed by atoms with van der Waals surface area (Å²) in [6, 6.07) is 10.4. The van der Waals surface area contributed by atoms with Gasteiger partial charge in [-0.3, -0.25) is 0 Å². The van der Waals surface area contributed by atoms with Crippen LogP contribution in [0.1, 0.15) is 19.8 Å². The maximum atomic E-state index is 13.2. The maximum absolute atomic E-state index is 13.2. The highest BCUT2D eigenvalue weighted by molar-refractivity contribution is 7.91. The Bertz CT molecular complexity index is 900. The predicted molar refractivity (Wildman–Crippen MR) is 111 cm³/mol. The molecule has 1 aliphatic rings. The van der Waals surface area contributed by atoms with Gasteiger partial charge in [-0.2, -0.15) is 0 Å². The van der Waals surface area contributed by atoms with Crippen LogP contribution in [0.15, 0.2) is 52.3 Å². The van der Waals surface area contributed by atoms with Crippen molar-refractivity contribution in [2.45, 2.75) is 29.6 Å². The molecule has 28 heavy (non-hydrogen) atoms. The molecule has 0 bridgehead atoms. The highest BCUT2D eigenvalue weighted by atomic mass is 32.2. The molecule has 1 fully saturated rings. The SMILES string of the molecule is CCCNc1cc(N2CCCN(C)CC2)ccc1S(=O)(=O)c1ccc(F)cc1. The number of nitrogens with zero attached hydrogens (tertiary/aromatic N) is 2. The van der Waals surface area contributed by atoms with Gasteiger partial charge in [-0.25, -0.2) is 12.8 Å². The minimum absolute atomic E-state index is 0.0950. The summed E-state index contributed by atoms with van der Waals surface area (Å²) in [4.78, 5) is 4.93. The number of hydrogen-bond donors (Lipinski definition) is 1. The lowest BCUT2D eigenvalue weighted by molar-refractivity contribution is 0.360. The quantitative estimate of drug-likeness (QED) is 0.744. The average molecular weight is 406 g/mol. The van der Waals surface area contributed by atoms with Gasteiger partial charge >= 0.3 is 0 Å². The molecule has 1 aliphatic heterocycles. The molecular formula is C21H28FN3O2S. The number of sulfone groups is 1. The summed E-state index contributed by atoms with van der Waals surface area (Å²) >= 11 is 0. The Hall–Kier alpha value is -2.12. The summed E-state index contributed by atoms with van der Waals surface area (Å²) in [5.41, 5.74) is 1.62. The van der Waals surface area contributed by atoms with E-state index >= 15 is 0 Å². The smallest absolute Gasteiger partial charge is 0.208 e. The summed E-state index contributed by atoms with van der Waals surface area (Å²) < 4.78 is 39.5. The van der Waals surface area contributed by atoms with Crippen LogP contribution in [0, 0.1) is 5.82 Å². The monoisotopic (exact) mass is 405 g/mol. The van der Waals surface area contributed by atoms with Crippen LogP contribution in [0.5, 0.6) is 0 Å². The Morgan fingerprint density at radius 1 is 1.04 bits per heavy atom. The van der Waals surface area contributed by atoms with E-state index in [0.717, 1.165) is 44.7 Å². The summed E-state index contributed by atoms with van der Waals surface area (Å²) in [5.74, 6) is -0.454. The molecule has 1 saturated heterocycles. The molecule has 0 amide bonds. The first-order valence-electron chi connectivity index (χ1n) is 9.74. The molecule has 0 spiro atoms. The zero-order chi connectivity index (χ0) is 20.1. The van der Waals surface area contributed by atoms with Gasteiger partial charge in [-0.05, 0) is 68.9 Å². The fraction of sp³-hybridized carbons (Fsp3) is 0.429. The second-order valence-electron chi connectivity index (χ2n) is 7.21. The van der Waals surface area contributed by atoms with E-state index in [0.29, 0.717) is 12.2 Å². The van der Waals surface area contributed by atoms with E-state index in [1.165, 1.54) is 24.3 Å². The van der Waals surface area contributed by atoms with Gasteiger partial charge in [0.2, 0.25) is 9.84 Å². The Kier molecular flexibility index (Phi) is 6.57. The molecule has 2 aromatic carbocycles. The van der Waals surface area contributed by atoms with Crippen LogP contribution in [0.4, 0.5) is 15.8 Å². The van der Waals surface area contributed by atoms with E-state index < -0.39 is 15.7 Å². The minimum atomic E-state index is -3.74. The lowest BCUT2D eigenvalue weighted by Crippen LogP contribution is -2.28. The second-order valence-corrected chi connectivity index (χ2v) is 9.13. The Balaban J connectivity index is 1.97. The summed E-state index contributed by atoms with van der Waals surface area (Å²) in [7, 11) is -1.62. The summed E-state index contributed by atoms with van der Waals surface area (Å²) in [5, 5.41) is 3.26. The molecule has 0 aliphatic carbocycles. The van der Waals surface area contributed by atoms with E-state index in [1.54, 1.807) is 6.07 Å². The molecule has 5 nitrogen and oxygen atoms in total. The van der Waals surface area contributed by atoms with Gasteiger partial charge < -0.3 is 15.1 Å². The molecule has 0 unspecified atom stereocenters. The topological polar surface area (TPSA) is 52.6 Å². The molecule has 3 rings (SSSR count). The third-order valence-corrected chi connectivity index (χ3v) is 6.85. The second kappa shape index (κ2) is 8.92. The van der Waals surface area contributed by atoms with Crippen molar-refractivity contribution in [1.29, 1.82) is 0 Å². The van der Waals surface area contributed by atoms with Gasteiger partial charge in [0, 0.05) is 31.9 Å². The van der Waals surface area contributed by atoms with Gasteiger partial charge in [0.05, 0.1) is 15.5 Å². The lowest BCUT2D eigenvalue weighted by atomic mass is 10.2. The van der Waals surface area contributed by atoms with Gasteiger partial charge in [0.15, 0.2) is 0 Å². The summed E-state index contributed by atoms with van der Waals surface area (Å²) in [6.07, 6.45) is 1.96. The maximum Gasteiger partial charge on any atom is 0.208 e. The van der Waals surface area contributed by atoms with Crippen LogP contribution >= 0.6 is 0 Å². The highest BCUT2D eigenvalue weighted by Gasteiger charge is 2.23. The first-order valence-corrected chi connectivity index (χ1v) is 11.2. The third-order valence-electron chi connectivity index (χ3n) is 5.03. The third kappa shape index (κ3) is 4.64. The van der Waals surface area contributed by atoms with Crippen molar-refractivity contribution in [3.05, 3.63) is 48.3 Å². The zero-order valence-electron chi connectivity index (χ0n) is 16.5. The van der Waals surface area contributed by atoms with Crippen LogP contribution in [0.3, 0.4) is 0 Å². The average Bonchev–Trinajstić information content (AvgIpc) is 2.91. The molecule has 152 valence electrons. The fourth-order valence-corrected chi connectivity index (χ4v) is 4.81. The molecule has 0 radical (unpaired) electrons. The number of rotatable bonds is 6. The number of halogens is 1. The van der Waals surface area contributed by atoms with Crippen LogP contribution < -0.4 is 10.2 Å². The lowest BCUT2D eigenvalue weighted by Gasteiger charge is -2.24. The molecule has 7 heteroatoms. The first kappa shape index (κ1) is 20.6. The molecule has 1 N–H and O–H groups in total. The zero-order valence-corrected chi connectivity index (χ0v) is 17.3. The fourth-order valence-electron chi connectivity index (χ4n) is 3.39. The van der Waals surface area contributed by atoms with Gasteiger partial charge in [-0.15, -0.1) is 0 Å². The van der Waals surface area contributed by atoms with Gasteiger partial charge in [0.25, 0.3) is 0 Å². The predicted octanol–water partition coefficient (Wildman–Crippen LogP) is 3.62. The van der Waals surface area contributed by atoms with E-state index in [4.69, 9.17) is 0 Å². The van der Waals surface area contributed by atoms with Crippen molar-refractivity contribution < 1.29 is 12.8 Å². The molecular weight excluding hydrogens is 377 g/mol. The standard InChI is InChI=1S/C21H28FN3O2S/c1-3-11-23-20-16-18(25-13-4-12-24(2)14-15-25)7-10-21(20)28(26,27)19-8-5-17(22)6-9-19/h5-10,16,23H,3-4,11-15H2,1-2H3. The van der Waals surface area contributed by atoms with Crippen molar-refractivity contribution in [3.63, 3.8) is 0 Å². The Morgan fingerprint density at radius 2 is 1.79 bits per heavy atom. The molecule has 0 aromatic heterocycles.